The molecular formula is C24H25N5O2. The molecule has 5 rings (SSSR count). The molecule has 0 saturated carbocycles. The number of pyridine rings is 2. The van der Waals surface area contributed by atoms with Crippen molar-refractivity contribution in [2.45, 2.75) is 6.42 Å². The van der Waals surface area contributed by atoms with Crippen LogP contribution in [-0.2, 0) is 11.2 Å². The molecule has 1 aliphatic heterocycles. The Hall–Kier alpha value is -3.45. The molecule has 1 aliphatic carbocycles. The van der Waals surface area contributed by atoms with Crippen LogP contribution in [0, 0.1) is 0 Å². The van der Waals surface area contributed by atoms with E-state index >= 15 is 0 Å². The Morgan fingerprint density at radius 2 is 1.94 bits per heavy atom. The topological polar surface area (TPSA) is 84.6 Å². The Labute approximate surface area is 181 Å². The predicted octanol–water partition coefficient (Wildman–Crippen LogP) is 2.72. The number of fused-ring (bicyclic) bond motifs is 3. The maximum Gasteiger partial charge on any atom is 0.249 e. The van der Waals surface area contributed by atoms with Gasteiger partial charge in [-0.05, 0) is 41.5 Å². The third-order valence-corrected chi connectivity index (χ3v) is 5.98. The number of rotatable bonds is 4. The van der Waals surface area contributed by atoms with E-state index in [0.29, 0.717) is 17.7 Å². The summed E-state index contributed by atoms with van der Waals surface area (Å²) in [5.41, 5.74) is 13.0. The number of hydrogen-bond donors (Lipinski definition) is 1. The van der Waals surface area contributed by atoms with Gasteiger partial charge in [0.15, 0.2) is 0 Å². The van der Waals surface area contributed by atoms with Crippen molar-refractivity contribution in [2.24, 2.45) is 5.73 Å². The van der Waals surface area contributed by atoms with E-state index in [1.54, 1.807) is 12.3 Å². The van der Waals surface area contributed by atoms with E-state index in [-0.39, 0.29) is 0 Å². The zero-order valence-electron chi connectivity index (χ0n) is 17.8. The molecule has 0 bridgehead atoms. The highest BCUT2D eigenvalue weighted by molar-refractivity contribution is 5.98. The summed E-state index contributed by atoms with van der Waals surface area (Å²) in [5, 5.41) is 0. The van der Waals surface area contributed by atoms with E-state index in [1.807, 2.05) is 31.1 Å². The van der Waals surface area contributed by atoms with Crippen LogP contribution in [0.1, 0.15) is 21.5 Å². The summed E-state index contributed by atoms with van der Waals surface area (Å²) in [6, 6.07) is 12.2. The van der Waals surface area contributed by atoms with Crippen molar-refractivity contribution in [1.82, 2.24) is 9.97 Å². The molecule has 0 unspecified atom stereocenters. The van der Waals surface area contributed by atoms with Crippen LogP contribution >= 0.6 is 0 Å². The van der Waals surface area contributed by atoms with Crippen LogP contribution in [0.5, 0.6) is 0 Å². The van der Waals surface area contributed by atoms with Gasteiger partial charge < -0.3 is 20.3 Å². The average Bonchev–Trinajstić information content (AvgIpc) is 3.16. The number of benzene rings is 1. The maximum absolute atomic E-state index is 12.3. The standard InChI is InChI=1S/C24H25N5O2/c1-28(2)22-6-3-15(14-26-22)21-13-20(24(25)30)19-12-16-11-17(29-7-9-31-10-8-29)4-5-18(16)23(19)27-21/h3-6,11,13-14H,7-10,12H2,1-2H3,(H2,25,30). The van der Waals surface area contributed by atoms with Crippen LogP contribution in [0.4, 0.5) is 11.5 Å². The number of amides is 1. The van der Waals surface area contributed by atoms with Crippen molar-refractivity contribution < 1.29 is 9.53 Å². The molecule has 1 fully saturated rings. The number of nitrogens with two attached hydrogens (primary N) is 1. The molecule has 2 aromatic heterocycles. The molecule has 31 heavy (non-hydrogen) atoms. The zero-order valence-corrected chi connectivity index (χ0v) is 17.8. The van der Waals surface area contributed by atoms with Crippen LogP contribution in [-0.4, -0.2) is 56.3 Å². The van der Waals surface area contributed by atoms with Gasteiger partial charge in [-0.1, -0.05) is 6.07 Å². The normalized spacial score (nSPS) is 14.8. The fourth-order valence-corrected chi connectivity index (χ4v) is 4.31. The lowest BCUT2D eigenvalue weighted by atomic mass is 10.0. The minimum Gasteiger partial charge on any atom is -0.378 e. The molecule has 7 heteroatoms. The first kappa shape index (κ1) is 19.5. The highest BCUT2D eigenvalue weighted by atomic mass is 16.5. The molecule has 1 saturated heterocycles. The Kier molecular flexibility index (Phi) is 4.82. The second kappa shape index (κ2) is 7.67. The third-order valence-electron chi connectivity index (χ3n) is 5.98. The van der Waals surface area contributed by atoms with E-state index in [9.17, 15) is 4.79 Å². The summed E-state index contributed by atoms with van der Waals surface area (Å²) in [5.74, 6) is 0.431. The molecule has 158 valence electrons. The molecule has 1 amide bonds. The average molecular weight is 415 g/mol. The summed E-state index contributed by atoms with van der Waals surface area (Å²) >= 11 is 0. The number of aromatic nitrogens is 2. The van der Waals surface area contributed by atoms with Crippen LogP contribution in [0.3, 0.4) is 0 Å². The Bertz CT molecular complexity index is 1150. The monoisotopic (exact) mass is 415 g/mol. The molecule has 7 nitrogen and oxygen atoms in total. The number of nitrogens with zero attached hydrogens (tertiary/aromatic N) is 4. The largest absolute Gasteiger partial charge is 0.378 e. The van der Waals surface area contributed by atoms with Gasteiger partial charge in [0.25, 0.3) is 0 Å². The Balaban J connectivity index is 1.56. The molecule has 0 atom stereocenters. The van der Waals surface area contributed by atoms with Gasteiger partial charge in [0.05, 0.1) is 24.6 Å². The van der Waals surface area contributed by atoms with E-state index in [0.717, 1.165) is 54.5 Å². The van der Waals surface area contributed by atoms with Crippen molar-refractivity contribution >= 4 is 17.4 Å². The van der Waals surface area contributed by atoms with Gasteiger partial charge >= 0.3 is 0 Å². The van der Waals surface area contributed by atoms with Crippen molar-refractivity contribution in [1.29, 1.82) is 0 Å². The fourth-order valence-electron chi connectivity index (χ4n) is 4.31. The number of morpholine rings is 1. The smallest absolute Gasteiger partial charge is 0.249 e. The Morgan fingerprint density at radius 3 is 2.61 bits per heavy atom. The lowest BCUT2D eigenvalue weighted by Crippen LogP contribution is -2.36. The first-order chi connectivity index (χ1) is 15.0. The predicted molar refractivity (Wildman–Crippen MR) is 122 cm³/mol. The summed E-state index contributed by atoms with van der Waals surface area (Å²) in [4.78, 5) is 26.0. The van der Waals surface area contributed by atoms with Crippen molar-refractivity contribution in [2.75, 3.05) is 50.2 Å². The summed E-state index contributed by atoms with van der Waals surface area (Å²) < 4.78 is 5.47. The second-order valence-corrected chi connectivity index (χ2v) is 8.16. The van der Waals surface area contributed by atoms with Gasteiger partial charge in [0, 0.05) is 62.2 Å². The number of hydrogen-bond acceptors (Lipinski definition) is 6. The SMILES string of the molecule is CN(C)c1ccc(-c2cc(C(N)=O)c3c(n2)-c2ccc(N4CCOCC4)cc2C3)cn1. The van der Waals surface area contributed by atoms with Crippen LogP contribution in [0.2, 0.25) is 0 Å². The second-order valence-electron chi connectivity index (χ2n) is 8.16. The van der Waals surface area contributed by atoms with Crippen LogP contribution in [0.15, 0.2) is 42.6 Å². The number of carbonyl (C=O) groups excluding carboxylic acids is 1. The minimum atomic E-state index is -0.432. The number of carbonyl (C=O) groups is 1. The highest BCUT2D eigenvalue weighted by Crippen LogP contribution is 2.40. The van der Waals surface area contributed by atoms with Gasteiger partial charge in [-0.15, -0.1) is 0 Å². The quantitative estimate of drug-likeness (QED) is 0.552. The van der Waals surface area contributed by atoms with Crippen molar-refractivity contribution in [3.63, 3.8) is 0 Å². The molecular weight excluding hydrogens is 390 g/mol. The Morgan fingerprint density at radius 1 is 1.13 bits per heavy atom. The van der Waals surface area contributed by atoms with Crippen LogP contribution in [0.25, 0.3) is 22.5 Å². The molecule has 2 N–H and O–H groups in total. The molecule has 0 radical (unpaired) electrons. The first-order valence-electron chi connectivity index (χ1n) is 10.4. The van der Waals surface area contributed by atoms with E-state index in [2.05, 4.69) is 28.1 Å². The lowest BCUT2D eigenvalue weighted by molar-refractivity contribution is 0.0999. The van der Waals surface area contributed by atoms with Gasteiger partial charge in [-0.2, -0.15) is 0 Å². The number of anilines is 2. The summed E-state index contributed by atoms with van der Waals surface area (Å²) in [7, 11) is 3.89. The molecule has 0 spiro atoms. The number of ether oxygens (including phenoxy) is 1. The van der Waals surface area contributed by atoms with Crippen LogP contribution < -0.4 is 15.5 Å². The number of primary amides is 1. The first-order valence-corrected chi connectivity index (χ1v) is 10.4. The molecule has 3 aromatic rings. The molecule has 2 aliphatic rings. The highest BCUT2D eigenvalue weighted by Gasteiger charge is 2.27. The minimum absolute atomic E-state index is 0.432. The van der Waals surface area contributed by atoms with Gasteiger partial charge in [0.1, 0.15) is 5.82 Å². The maximum atomic E-state index is 12.3. The van der Waals surface area contributed by atoms with Gasteiger partial charge in [-0.25, -0.2) is 9.97 Å². The molecule has 3 heterocycles. The summed E-state index contributed by atoms with van der Waals surface area (Å²) in [6.07, 6.45) is 2.44. The molecule has 1 aromatic carbocycles. The van der Waals surface area contributed by atoms with E-state index in [1.165, 1.54) is 11.3 Å². The third kappa shape index (κ3) is 3.51. The van der Waals surface area contributed by atoms with Gasteiger partial charge in [0.2, 0.25) is 5.91 Å². The van der Waals surface area contributed by atoms with E-state index < -0.39 is 5.91 Å². The zero-order chi connectivity index (χ0) is 21.5. The van der Waals surface area contributed by atoms with Crippen molar-refractivity contribution in [3.8, 4) is 22.5 Å². The fraction of sp³-hybridized carbons (Fsp3) is 0.292. The van der Waals surface area contributed by atoms with Gasteiger partial charge in [-0.3, -0.25) is 4.79 Å². The summed E-state index contributed by atoms with van der Waals surface area (Å²) in [6.45, 7) is 3.26. The van der Waals surface area contributed by atoms with E-state index in [4.69, 9.17) is 15.5 Å². The van der Waals surface area contributed by atoms with Crippen molar-refractivity contribution in [3.05, 3.63) is 59.3 Å². The lowest BCUT2D eigenvalue weighted by Gasteiger charge is -2.29.